The van der Waals surface area contributed by atoms with E-state index in [0.29, 0.717) is 0 Å². The summed E-state index contributed by atoms with van der Waals surface area (Å²) in [6.45, 7) is 43.7. The zero-order valence-corrected chi connectivity index (χ0v) is 57.5. The minimum atomic E-state index is 0. The van der Waals surface area contributed by atoms with Crippen LogP contribution in [-0.4, -0.2) is 0 Å². The van der Waals surface area contributed by atoms with Crippen LogP contribution >= 0.6 is 0 Å². The van der Waals surface area contributed by atoms with Crippen molar-refractivity contribution in [2.45, 2.75) is 138 Å². The van der Waals surface area contributed by atoms with Gasteiger partial charge < -0.3 is 179 Å². The third kappa shape index (κ3) is 39.1. The first-order valence-corrected chi connectivity index (χ1v) is 15.0. The Bertz CT molecular complexity index is 1110. The molecule has 0 radical (unpaired) electrons. The van der Waals surface area contributed by atoms with Crippen LogP contribution in [0.15, 0.2) is 66.9 Å². The molecule has 4 aliphatic rings. The fourth-order valence-electron chi connectivity index (χ4n) is 5.62. The van der Waals surface area contributed by atoms with Crippen LogP contribution in [-0.2, 0) is 86.9 Å². The number of halogens is 9. The molecule has 374 valence electrons. The Hall–Kier alpha value is 3.39. The Morgan fingerprint density at radius 2 is 0.323 bits per heavy atom. The largest absolute Gasteiger partial charge is 4.00 e. The average molecular weight is 1190 g/mol. The van der Waals surface area contributed by atoms with Crippen molar-refractivity contribution in [2.24, 2.45) is 21.7 Å². The van der Waals surface area contributed by atoms with E-state index in [1.54, 1.807) is 0 Å². The fraction of sp³-hybridized carbons (Fsp3) is 0.490. The van der Waals surface area contributed by atoms with Gasteiger partial charge in [-0.2, -0.15) is 44.6 Å². The minimum absolute atomic E-state index is 0. The van der Waals surface area contributed by atoms with E-state index in [0.717, 1.165) is 0 Å². The maximum Gasteiger partial charge on any atom is 4.00 e. The standard InChI is InChI=1S/4C10H15.9CH3.9ClH.4Ti/c4*1-7-6-10(4,5)9(3)8(7)2;;;;;;;;;;;;;;;;;;;;;;/h4*1-5H3;9*1H3;9*1H;;;;/q13*-1;;;;;;;;;;3*+2;+4/p-9. The predicted octanol–water partition coefficient (Wildman–Crippen LogP) is -10.5. The van der Waals surface area contributed by atoms with Crippen molar-refractivity contribution >= 4 is 0 Å². The second-order valence-electron chi connectivity index (χ2n) is 14.5. The Labute approximate surface area is 510 Å². The molecule has 4 rings (SSSR count). The van der Waals surface area contributed by atoms with Crippen molar-refractivity contribution in [3.63, 3.8) is 0 Å². The van der Waals surface area contributed by atoms with Gasteiger partial charge in [0.05, 0.1) is 0 Å². The van der Waals surface area contributed by atoms with E-state index in [2.05, 4.69) is 163 Å². The van der Waals surface area contributed by atoms with Gasteiger partial charge in [0.2, 0.25) is 0 Å². The first-order valence-electron chi connectivity index (χ1n) is 15.0. The Kier molecular flexibility index (Phi) is 132. The normalized spacial score (nSPS) is 15.2. The van der Waals surface area contributed by atoms with Crippen LogP contribution < -0.4 is 112 Å². The summed E-state index contributed by atoms with van der Waals surface area (Å²) in [5.41, 5.74) is 17.6. The summed E-state index contributed by atoms with van der Waals surface area (Å²) in [6, 6.07) is 0. The van der Waals surface area contributed by atoms with Gasteiger partial charge >= 0.3 is 86.9 Å². The average Bonchev–Trinajstić information content (AvgIpc) is 3.28. The molecule has 0 aromatic rings. The number of rotatable bonds is 0. The molecule has 0 saturated carbocycles. The quantitative estimate of drug-likeness (QED) is 0.168. The maximum absolute atomic E-state index is 3.44. The van der Waals surface area contributed by atoms with Crippen LogP contribution in [0, 0.1) is 113 Å². The van der Waals surface area contributed by atoms with Gasteiger partial charge in [-0.1, -0.05) is 132 Å². The van der Waals surface area contributed by atoms with Gasteiger partial charge in [0.1, 0.15) is 0 Å². The topological polar surface area (TPSA) is 0 Å². The van der Waals surface area contributed by atoms with E-state index in [9.17, 15) is 0 Å². The SMILES string of the molecule is CC1=[C-]C(C)(C)C(C)=C1C.CC1=[C-]C(C)(C)C(C)=C1C.CC1=[C-]C(C)(C)C(C)=C1C.CC1=[C-]C(C)(C)C(C)=C1C.[CH3-].[CH3-].[CH3-].[CH3-].[CH3-].[CH3-].[CH3-].[CH3-].[CH3-].[Cl-].[Cl-].[Cl-].[Cl-].[Cl-].[Cl-].[Cl-].[Cl-].[Cl-].[Ti+2].[Ti+2].[Ti+2].[Ti+4]. The van der Waals surface area contributed by atoms with E-state index in [-0.39, 0.29) is 287 Å². The van der Waals surface area contributed by atoms with E-state index in [1.165, 1.54) is 66.9 Å². The van der Waals surface area contributed by atoms with Crippen LogP contribution in [0.5, 0.6) is 0 Å². The number of hydrogen-bond donors (Lipinski definition) is 0. The third-order valence-corrected chi connectivity index (χ3v) is 10.2. The molecule has 13 heteroatoms. The molecule has 0 saturated heterocycles. The zero-order chi connectivity index (χ0) is 31.8. The molecule has 0 spiro atoms. The van der Waals surface area contributed by atoms with Gasteiger partial charge in [-0.15, -0.1) is 27.7 Å². The fourth-order valence-corrected chi connectivity index (χ4v) is 5.62. The van der Waals surface area contributed by atoms with Crippen molar-refractivity contribution in [3.8, 4) is 0 Å². The summed E-state index contributed by atoms with van der Waals surface area (Å²) in [6.07, 6.45) is 13.7. The first kappa shape index (κ1) is 144. The van der Waals surface area contributed by atoms with Crippen LogP contribution in [0.25, 0.3) is 0 Å². The van der Waals surface area contributed by atoms with Crippen molar-refractivity contribution in [1.29, 1.82) is 0 Å². The predicted molar refractivity (Wildman–Crippen MR) is 236 cm³/mol. The summed E-state index contributed by atoms with van der Waals surface area (Å²) in [5, 5.41) is 0. The number of hydrogen-bond acceptors (Lipinski definition) is 0. The van der Waals surface area contributed by atoms with Crippen LogP contribution in [0.3, 0.4) is 0 Å². The Morgan fingerprint density at radius 1 is 0.242 bits per heavy atom. The molecular formula is C49H87Cl9Ti4-12. The van der Waals surface area contributed by atoms with E-state index in [1.807, 2.05) is 0 Å². The second kappa shape index (κ2) is 57.0. The maximum atomic E-state index is 3.44. The summed E-state index contributed by atoms with van der Waals surface area (Å²) in [5.74, 6) is 0. The summed E-state index contributed by atoms with van der Waals surface area (Å²) >= 11 is 0. The third-order valence-electron chi connectivity index (χ3n) is 10.2. The van der Waals surface area contributed by atoms with Gasteiger partial charge in [0.15, 0.2) is 0 Å². The van der Waals surface area contributed by atoms with Gasteiger partial charge in [0.25, 0.3) is 0 Å². The van der Waals surface area contributed by atoms with Gasteiger partial charge in [-0.05, 0) is 0 Å². The monoisotopic (exact) mass is 1180 g/mol. The van der Waals surface area contributed by atoms with Gasteiger partial charge in [-0.3, -0.25) is 24.3 Å². The first-order chi connectivity index (χ1) is 17.8. The van der Waals surface area contributed by atoms with Crippen molar-refractivity contribution in [1.82, 2.24) is 0 Å². The van der Waals surface area contributed by atoms with Crippen molar-refractivity contribution < 1.29 is 199 Å². The molecule has 0 aromatic heterocycles. The molecule has 4 aliphatic carbocycles. The van der Waals surface area contributed by atoms with Gasteiger partial charge in [0, 0.05) is 0 Å². The minimum Gasteiger partial charge on any atom is -1.00 e. The van der Waals surface area contributed by atoms with Crippen LogP contribution in [0.1, 0.15) is 138 Å². The molecular weight excluding hydrogens is 1100 g/mol. The van der Waals surface area contributed by atoms with Crippen molar-refractivity contribution in [2.75, 3.05) is 0 Å². The second-order valence-corrected chi connectivity index (χ2v) is 14.5. The van der Waals surface area contributed by atoms with E-state index < -0.39 is 0 Å². The number of allylic oxidation sites excluding steroid dienone is 16. The van der Waals surface area contributed by atoms with Crippen LogP contribution in [0.2, 0.25) is 0 Å². The molecule has 0 amide bonds. The van der Waals surface area contributed by atoms with E-state index >= 15 is 0 Å². The molecule has 0 aliphatic heterocycles. The molecule has 0 aromatic carbocycles. The molecule has 0 heterocycles. The Balaban J connectivity index is -0.0000000154. The molecule has 0 atom stereocenters. The molecule has 0 bridgehead atoms. The summed E-state index contributed by atoms with van der Waals surface area (Å²) in [4.78, 5) is 0. The molecule has 0 N–H and O–H groups in total. The van der Waals surface area contributed by atoms with Crippen LogP contribution in [0.4, 0.5) is 0 Å². The van der Waals surface area contributed by atoms with Crippen molar-refractivity contribution in [3.05, 3.63) is 158 Å². The Morgan fingerprint density at radius 3 is 0.339 bits per heavy atom. The summed E-state index contributed by atoms with van der Waals surface area (Å²) in [7, 11) is 0. The smallest absolute Gasteiger partial charge is 1.00 e. The van der Waals surface area contributed by atoms with E-state index in [4.69, 9.17) is 0 Å². The molecule has 0 unspecified atom stereocenters. The molecule has 0 nitrogen and oxygen atoms in total. The van der Waals surface area contributed by atoms with Gasteiger partial charge in [-0.25, -0.2) is 22.3 Å². The summed E-state index contributed by atoms with van der Waals surface area (Å²) < 4.78 is 0. The molecule has 62 heavy (non-hydrogen) atoms. The molecule has 0 fully saturated rings. The zero-order valence-electron chi connectivity index (χ0n) is 44.4.